The number of Topliss-reactive ketones (excluding diaryl/α,β-unsaturated/α-hetero) is 1. The highest BCUT2D eigenvalue weighted by molar-refractivity contribution is 6.74. The van der Waals surface area contributed by atoms with E-state index in [0.717, 1.165) is 5.56 Å². The van der Waals surface area contributed by atoms with Crippen molar-refractivity contribution in [2.24, 2.45) is 5.92 Å². The van der Waals surface area contributed by atoms with Gasteiger partial charge in [0.25, 0.3) is 0 Å². The first-order chi connectivity index (χ1) is 15.9. The molecule has 0 unspecified atom stereocenters. The molecule has 0 aliphatic heterocycles. The molecular weight excluding hydrogens is 468 g/mol. The van der Waals surface area contributed by atoms with E-state index in [1.54, 1.807) is 0 Å². The van der Waals surface area contributed by atoms with E-state index in [1.807, 2.05) is 30.3 Å². The van der Waals surface area contributed by atoms with Gasteiger partial charge in [-0.25, -0.2) is 0 Å². The Morgan fingerprint density at radius 1 is 1.00 bits per heavy atom. The maximum Gasteiger partial charge on any atom is 0.193 e. The second-order valence-electron chi connectivity index (χ2n) is 12.7. The van der Waals surface area contributed by atoms with Gasteiger partial charge in [0.1, 0.15) is 6.10 Å². The fraction of sp³-hybridized carbons (Fsp3) is 0.621. The van der Waals surface area contributed by atoms with Crippen LogP contribution in [0.25, 0.3) is 0 Å². The number of hydrogen-bond donors (Lipinski definition) is 0. The number of hydrogen-bond acceptors (Lipinski definition) is 4. The first kappa shape index (κ1) is 29.7. The van der Waals surface area contributed by atoms with Crippen LogP contribution in [0.15, 0.2) is 42.5 Å². The predicted molar refractivity (Wildman–Crippen MR) is 150 cm³/mol. The summed E-state index contributed by atoms with van der Waals surface area (Å²) < 4.78 is 19.3. The van der Waals surface area contributed by atoms with Gasteiger partial charge >= 0.3 is 0 Å². The van der Waals surface area contributed by atoms with E-state index < -0.39 is 16.6 Å². The Kier molecular flexibility index (Phi) is 9.57. The number of rotatable bonds is 8. The van der Waals surface area contributed by atoms with Gasteiger partial charge in [-0.1, -0.05) is 90.3 Å². The topological polar surface area (TPSA) is 44.8 Å². The molecule has 2 rings (SSSR count). The molecule has 0 radical (unpaired) electrons. The van der Waals surface area contributed by atoms with Crippen molar-refractivity contribution in [1.29, 1.82) is 0 Å². The molecule has 1 fully saturated rings. The van der Waals surface area contributed by atoms with E-state index in [-0.39, 0.29) is 34.0 Å². The largest absolute Gasteiger partial charge is 0.412 e. The van der Waals surface area contributed by atoms with Gasteiger partial charge in [0.15, 0.2) is 22.4 Å². The minimum Gasteiger partial charge on any atom is -0.412 e. The standard InChI is InChI=1S/C29H46O4Si2/c1-22-25(27(19-26(22)30)33-35(10,11)29(5,6)7)18-17-24(32-34(8,9)28(2,3)4)21-31-20-23-15-13-12-14-16-23/h12-16,24-25,27H,1,19-21H2,2-11H3/t24-,25-,27-/m1/s1. The van der Waals surface area contributed by atoms with Crippen LogP contribution in [0.1, 0.15) is 53.5 Å². The van der Waals surface area contributed by atoms with Crippen molar-refractivity contribution < 1.29 is 18.4 Å². The summed E-state index contributed by atoms with van der Waals surface area (Å²) in [6, 6.07) is 10.1. The van der Waals surface area contributed by atoms with Gasteiger partial charge in [-0.3, -0.25) is 4.79 Å². The Bertz CT molecular complexity index is 943. The van der Waals surface area contributed by atoms with E-state index >= 15 is 0 Å². The Hall–Kier alpha value is -1.50. The van der Waals surface area contributed by atoms with Gasteiger partial charge in [0.2, 0.25) is 0 Å². The zero-order valence-corrected chi connectivity index (χ0v) is 25.6. The van der Waals surface area contributed by atoms with Crippen LogP contribution in [0.2, 0.25) is 36.3 Å². The highest BCUT2D eigenvalue weighted by Gasteiger charge is 2.45. The minimum absolute atomic E-state index is 0.0489. The summed E-state index contributed by atoms with van der Waals surface area (Å²) >= 11 is 0. The van der Waals surface area contributed by atoms with Crippen LogP contribution in [-0.4, -0.2) is 41.2 Å². The van der Waals surface area contributed by atoms with Crippen molar-refractivity contribution in [2.45, 2.75) is 103 Å². The van der Waals surface area contributed by atoms with E-state index in [9.17, 15) is 4.79 Å². The second kappa shape index (κ2) is 11.3. The molecule has 1 aromatic rings. The lowest BCUT2D eigenvalue weighted by Gasteiger charge is -2.39. The lowest BCUT2D eigenvalue weighted by Crippen LogP contribution is -2.45. The molecule has 1 aliphatic carbocycles. The number of benzene rings is 1. The highest BCUT2D eigenvalue weighted by Crippen LogP contribution is 2.41. The van der Waals surface area contributed by atoms with Crippen LogP contribution in [0, 0.1) is 17.8 Å². The van der Waals surface area contributed by atoms with Gasteiger partial charge in [-0.2, -0.15) is 0 Å². The predicted octanol–water partition coefficient (Wildman–Crippen LogP) is 7.13. The molecule has 1 aliphatic rings. The third kappa shape index (κ3) is 8.00. The molecule has 0 N–H and O–H groups in total. The van der Waals surface area contributed by atoms with Crippen LogP contribution >= 0.6 is 0 Å². The Labute approximate surface area is 216 Å². The van der Waals surface area contributed by atoms with Crippen LogP contribution in [0.3, 0.4) is 0 Å². The highest BCUT2D eigenvalue weighted by atomic mass is 28.4. The van der Waals surface area contributed by atoms with Crippen molar-refractivity contribution in [3.05, 3.63) is 48.0 Å². The smallest absolute Gasteiger partial charge is 0.193 e. The molecule has 0 amide bonds. The number of ketones is 1. The third-order valence-corrected chi connectivity index (χ3v) is 16.8. The first-order valence-electron chi connectivity index (χ1n) is 12.6. The SMILES string of the molecule is C=C1C(=O)C[C@@H](O[Si](C)(C)C(C)(C)C)[C@@H]1C#C[C@H](COCc1ccccc1)O[Si](C)(C)C(C)(C)C. The molecule has 0 bridgehead atoms. The molecule has 0 saturated heterocycles. The molecule has 0 spiro atoms. The summed E-state index contributed by atoms with van der Waals surface area (Å²) in [7, 11) is -4.14. The van der Waals surface area contributed by atoms with E-state index in [4.69, 9.17) is 13.6 Å². The summed E-state index contributed by atoms with van der Waals surface area (Å²) in [5.74, 6) is 6.44. The molecule has 3 atom stereocenters. The van der Waals surface area contributed by atoms with Crippen LogP contribution in [-0.2, 0) is 25.0 Å². The van der Waals surface area contributed by atoms with Crippen molar-refractivity contribution in [2.75, 3.05) is 6.61 Å². The summed E-state index contributed by atoms with van der Waals surface area (Å²) in [6.45, 7) is 27.1. The van der Waals surface area contributed by atoms with Crippen LogP contribution in [0.4, 0.5) is 0 Å². The zero-order valence-electron chi connectivity index (χ0n) is 23.6. The molecule has 1 saturated carbocycles. The molecule has 0 aromatic heterocycles. The third-order valence-electron chi connectivity index (χ3n) is 7.77. The Balaban J connectivity index is 2.25. The lowest BCUT2D eigenvalue weighted by molar-refractivity contribution is -0.115. The van der Waals surface area contributed by atoms with Crippen molar-refractivity contribution in [3.63, 3.8) is 0 Å². The molecule has 6 heteroatoms. The summed E-state index contributed by atoms with van der Waals surface area (Å²) in [5, 5.41) is 0.102. The number of carbonyl (C=O) groups excluding carboxylic acids is 1. The maximum absolute atomic E-state index is 12.6. The molecule has 1 aromatic carbocycles. The summed E-state index contributed by atoms with van der Waals surface area (Å²) in [4.78, 5) is 12.6. The minimum atomic E-state index is -2.08. The quantitative estimate of drug-likeness (QED) is 0.210. The average molecular weight is 515 g/mol. The number of ether oxygens (including phenoxy) is 1. The molecule has 194 valence electrons. The van der Waals surface area contributed by atoms with Gasteiger partial charge in [0, 0.05) is 12.0 Å². The number of carbonyl (C=O) groups is 1. The van der Waals surface area contributed by atoms with Crippen LogP contribution in [0.5, 0.6) is 0 Å². The Morgan fingerprint density at radius 2 is 1.57 bits per heavy atom. The molecule has 35 heavy (non-hydrogen) atoms. The fourth-order valence-corrected chi connectivity index (χ4v) is 5.87. The van der Waals surface area contributed by atoms with Crippen molar-refractivity contribution in [3.8, 4) is 11.8 Å². The van der Waals surface area contributed by atoms with Gasteiger partial charge in [-0.05, 0) is 41.8 Å². The normalized spacial score (nSPS) is 20.5. The summed E-state index contributed by atoms with van der Waals surface area (Å²) in [5.41, 5.74) is 1.67. The van der Waals surface area contributed by atoms with Gasteiger partial charge in [-0.15, -0.1) is 0 Å². The van der Waals surface area contributed by atoms with E-state index in [0.29, 0.717) is 25.2 Å². The molecular formula is C29H46O4Si2. The second-order valence-corrected chi connectivity index (χ2v) is 22.2. The lowest BCUT2D eigenvalue weighted by atomic mass is 10.0. The summed E-state index contributed by atoms with van der Waals surface area (Å²) in [6.07, 6.45) is -0.276. The Morgan fingerprint density at radius 3 is 2.11 bits per heavy atom. The molecule has 4 nitrogen and oxygen atoms in total. The average Bonchev–Trinajstić information content (AvgIpc) is 2.97. The fourth-order valence-electron chi connectivity index (χ4n) is 3.35. The van der Waals surface area contributed by atoms with Crippen molar-refractivity contribution >= 4 is 22.4 Å². The monoisotopic (exact) mass is 514 g/mol. The van der Waals surface area contributed by atoms with Gasteiger partial charge in [0.05, 0.1) is 25.2 Å². The molecule has 0 heterocycles. The zero-order chi connectivity index (χ0) is 26.7. The van der Waals surface area contributed by atoms with Crippen LogP contribution < -0.4 is 0 Å². The van der Waals surface area contributed by atoms with E-state index in [1.165, 1.54) is 0 Å². The first-order valence-corrected chi connectivity index (χ1v) is 18.5. The van der Waals surface area contributed by atoms with Gasteiger partial charge < -0.3 is 13.6 Å². The van der Waals surface area contributed by atoms with Crippen molar-refractivity contribution in [1.82, 2.24) is 0 Å². The maximum atomic E-state index is 12.6. The van der Waals surface area contributed by atoms with E-state index in [2.05, 4.69) is 86.2 Å².